The lowest BCUT2D eigenvalue weighted by Gasteiger charge is -2.14. The van der Waals surface area contributed by atoms with Gasteiger partial charge in [-0.1, -0.05) is 0 Å². The van der Waals surface area contributed by atoms with Gasteiger partial charge in [0, 0.05) is 24.5 Å². The molecule has 0 radical (unpaired) electrons. The quantitative estimate of drug-likeness (QED) is 0.758. The van der Waals surface area contributed by atoms with Crippen molar-refractivity contribution in [2.45, 2.75) is 42.7 Å². The molecule has 2 fully saturated rings. The molecule has 4 N–H and O–H groups in total. The van der Waals surface area contributed by atoms with E-state index >= 15 is 0 Å². The Balaban J connectivity index is 1.66. The van der Waals surface area contributed by atoms with E-state index in [0.29, 0.717) is 22.8 Å². The van der Waals surface area contributed by atoms with Gasteiger partial charge in [-0.05, 0) is 43.6 Å². The Bertz CT molecular complexity index is 497. The van der Waals surface area contributed by atoms with Crippen LogP contribution in [0.25, 0.3) is 0 Å². The molecule has 5 nitrogen and oxygen atoms in total. The van der Waals surface area contributed by atoms with Crippen LogP contribution in [0.5, 0.6) is 0 Å². The molecule has 0 amide bonds. The molecule has 18 heavy (non-hydrogen) atoms. The minimum atomic E-state index is -3.36. The summed E-state index contributed by atoms with van der Waals surface area (Å²) in [5.74, 6) is 1.22. The first-order valence-electron chi connectivity index (χ1n) is 6.45. The minimum Gasteiger partial charge on any atom is -0.366 e. The van der Waals surface area contributed by atoms with Crippen molar-refractivity contribution in [3.63, 3.8) is 0 Å². The predicted molar refractivity (Wildman–Crippen MR) is 68.3 cm³/mol. The second-order valence-corrected chi connectivity index (χ2v) is 7.30. The highest BCUT2D eigenvalue weighted by atomic mass is 32.2. The van der Waals surface area contributed by atoms with Gasteiger partial charge in [-0.15, -0.1) is 0 Å². The lowest BCUT2D eigenvalue weighted by Crippen LogP contribution is -2.33. The van der Waals surface area contributed by atoms with E-state index in [2.05, 4.69) is 9.71 Å². The van der Waals surface area contributed by atoms with Crippen LogP contribution >= 0.6 is 0 Å². The Morgan fingerprint density at radius 2 is 1.89 bits per heavy atom. The summed E-state index contributed by atoms with van der Waals surface area (Å²) in [7, 11) is -3.36. The second kappa shape index (κ2) is 4.36. The highest BCUT2D eigenvalue weighted by Gasteiger charge is 2.41. The van der Waals surface area contributed by atoms with Gasteiger partial charge in [0.1, 0.15) is 0 Å². The first kappa shape index (κ1) is 12.2. The van der Waals surface area contributed by atoms with Gasteiger partial charge in [0.25, 0.3) is 0 Å². The van der Waals surface area contributed by atoms with E-state index < -0.39 is 10.0 Å². The molecule has 1 heterocycles. The van der Waals surface area contributed by atoms with Gasteiger partial charge >= 0.3 is 0 Å². The molecule has 6 heteroatoms. The number of rotatable bonds is 3. The maximum absolute atomic E-state index is 12.1. The Labute approximate surface area is 107 Å². The van der Waals surface area contributed by atoms with Crippen molar-refractivity contribution in [3.8, 4) is 0 Å². The summed E-state index contributed by atoms with van der Waals surface area (Å²) < 4.78 is 27.0. The van der Waals surface area contributed by atoms with Gasteiger partial charge in [-0.2, -0.15) is 0 Å². The van der Waals surface area contributed by atoms with E-state index in [0.717, 1.165) is 25.7 Å². The molecule has 2 aliphatic rings. The third-order valence-electron chi connectivity index (χ3n) is 4.25. The van der Waals surface area contributed by atoms with E-state index in [9.17, 15) is 8.42 Å². The molecule has 0 aliphatic heterocycles. The molecular formula is C12H19N3O2S. The third kappa shape index (κ3) is 2.20. The molecule has 2 aliphatic carbocycles. The summed E-state index contributed by atoms with van der Waals surface area (Å²) in [5, 5.41) is 0. The van der Waals surface area contributed by atoms with Crippen molar-refractivity contribution in [3.05, 3.63) is 18.5 Å². The van der Waals surface area contributed by atoms with Crippen LogP contribution in [0.1, 0.15) is 25.7 Å². The molecule has 0 aromatic carbocycles. The maximum atomic E-state index is 12.1. The number of fused-ring (bicyclic) bond motifs is 1. The van der Waals surface area contributed by atoms with Crippen LogP contribution in [0.3, 0.4) is 0 Å². The second-order valence-electron chi connectivity index (χ2n) is 5.59. The number of hydrogen-bond acceptors (Lipinski definition) is 3. The van der Waals surface area contributed by atoms with E-state index in [-0.39, 0.29) is 6.04 Å². The molecule has 0 spiro atoms. The first-order valence-corrected chi connectivity index (χ1v) is 7.93. The van der Waals surface area contributed by atoms with Crippen molar-refractivity contribution in [1.82, 2.24) is 9.71 Å². The lowest BCUT2D eigenvalue weighted by molar-refractivity contribution is 0.457. The van der Waals surface area contributed by atoms with E-state index in [4.69, 9.17) is 5.73 Å². The summed E-state index contributed by atoms with van der Waals surface area (Å²) in [6, 6.07) is 1.98. The molecule has 2 saturated carbocycles. The van der Waals surface area contributed by atoms with Crippen molar-refractivity contribution >= 4 is 10.0 Å². The summed E-state index contributed by atoms with van der Waals surface area (Å²) >= 11 is 0. The van der Waals surface area contributed by atoms with E-state index in [1.807, 2.05) is 0 Å². The van der Waals surface area contributed by atoms with Crippen LogP contribution < -0.4 is 10.5 Å². The standard InChI is InChI=1S/C12H19N3O2S/c13-10-3-8-5-11(6-9(8)4-10)15-18(16,17)12-1-2-14-7-12/h1-2,7-11,14-15H,3-6,13H2. The lowest BCUT2D eigenvalue weighted by atomic mass is 10.0. The van der Waals surface area contributed by atoms with Gasteiger partial charge in [0.05, 0.1) is 4.90 Å². The maximum Gasteiger partial charge on any atom is 0.242 e. The fourth-order valence-electron chi connectivity index (χ4n) is 3.52. The number of aromatic amines is 1. The van der Waals surface area contributed by atoms with Crippen LogP contribution in [0.2, 0.25) is 0 Å². The van der Waals surface area contributed by atoms with E-state index in [1.54, 1.807) is 12.3 Å². The number of aromatic nitrogens is 1. The zero-order valence-electron chi connectivity index (χ0n) is 10.2. The van der Waals surface area contributed by atoms with Gasteiger partial charge in [-0.25, -0.2) is 13.1 Å². The summed E-state index contributed by atoms with van der Waals surface area (Å²) in [5.41, 5.74) is 5.93. The SMILES string of the molecule is NC1CC2CC(NS(=O)(=O)c3cc[nH]c3)CC2C1. The molecule has 100 valence electrons. The molecule has 1 aromatic heterocycles. The fourth-order valence-corrected chi connectivity index (χ4v) is 4.76. The Hall–Kier alpha value is -0.850. The Morgan fingerprint density at radius 1 is 1.22 bits per heavy atom. The first-order chi connectivity index (χ1) is 8.54. The number of hydrogen-bond donors (Lipinski definition) is 3. The summed E-state index contributed by atoms with van der Waals surface area (Å²) in [6.45, 7) is 0. The van der Waals surface area contributed by atoms with Crippen LogP contribution in [0.15, 0.2) is 23.4 Å². The molecular weight excluding hydrogens is 250 g/mol. The molecule has 0 bridgehead atoms. The molecule has 2 unspecified atom stereocenters. The molecule has 3 rings (SSSR count). The van der Waals surface area contributed by atoms with Crippen molar-refractivity contribution in [2.24, 2.45) is 17.6 Å². The van der Waals surface area contributed by atoms with Crippen LogP contribution in [0, 0.1) is 11.8 Å². The van der Waals surface area contributed by atoms with E-state index in [1.165, 1.54) is 6.20 Å². The van der Waals surface area contributed by atoms with Crippen LogP contribution in [-0.4, -0.2) is 25.5 Å². The topological polar surface area (TPSA) is 88.0 Å². The average molecular weight is 269 g/mol. The summed E-state index contributed by atoms with van der Waals surface area (Å²) in [6.07, 6.45) is 7.09. The van der Waals surface area contributed by atoms with Gasteiger partial charge < -0.3 is 10.7 Å². The summed E-state index contributed by atoms with van der Waals surface area (Å²) in [4.78, 5) is 3.09. The zero-order valence-corrected chi connectivity index (χ0v) is 11.0. The van der Waals surface area contributed by atoms with Gasteiger partial charge in [0.2, 0.25) is 10.0 Å². The van der Waals surface area contributed by atoms with Gasteiger partial charge in [-0.3, -0.25) is 0 Å². The number of nitrogens with one attached hydrogen (secondary N) is 2. The minimum absolute atomic E-state index is 0.0763. The van der Waals surface area contributed by atoms with Crippen LogP contribution in [-0.2, 0) is 10.0 Å². The van der Waals surface area contributed by atoms with Crippen molar-refractivity contribution < 1.29 is 8.42 Å². The average Bonchev–Trinajstić information content (AvgIpc) is 2.91. The third-order valence-corrected chi connectivity index (χ3v) is 5.77. The molecule has 0 saturated heterocycles. The fraction of sp³-hybridized carbons (Fsp3) is 0.667. The smallest absolute Gasteiger partial charge is 0.242 e. The largest absolute Gasteiger partial charge is 0.366 e. The highest BCUT2D eigenvalue weighted by molar-refractivity contribution is 7.89. The van der Waals surface area contributed by atoms with Crippen molar-refractivity contribution in [1.29, 1.82) is 0 Å². The molecule has 2 atom stereocenters. The predicted octanol–water partition coefficient (Wildman–Crippen LogP) is 0.809. The zero-order chi connectivity index (χ0) is 12.8. The van der Waals surface area contributed by atoms with Crippen LogP contribution in [0.4, 0.5) is 0 Å². The molecule has 1 aromatic rings. The normalized spacial score (nSPS) is 35.8. The number of nitrogens with two attached hydrogens (primary N) is 1. The highest BCUT2D eigenvalue weighted by Crippen LogP contribution is 2.43. The van der Waals surface area contributed by atoms with Crippen molar-refractivity contribution in [2.75, 3.05) is 0 Å². The Morgan fingerprint density at radius 3 is 2.44 bits per heavy atom. The number of H-pyrrole nitrogens is 1. The van der Waals surface area contributed by atoms with Gasteiger partial charge in [0.15, 0.2) is 0 Å². The Kier molecular flexibility index (Phi) is 2.96. The number of sulfonamides is 1. The monoisotopic (exact) mass is 269 g/mol.